The predicted molar refractivity (Wildman–Crippen MR) is 67.5 cm³/mol. The molecule has 4 heteroatoms. The molecule has 17 heavy (non-hydrogen) atoms. The number of aromatic nitrogens is 1. The van der Waals surface area contributed by atoms with Crippen molar-refractivity contribution in [2.75, 3.05) is 11.9 Å². The molecular formula is C13H19N3O. The normalized spacial score (nSPS) is 12.9. The minimum absolute atomic E-state index is 0.0209. The van der Waals surface area contributed by atoms with E-state index in [0.717, 1.165) is 0 Å². The maximum absolute atomic E-state index is 9.07. The van der Waals surface area contributed by atoms with Gasteiger partial charge in [-0.3, -0.25) is 0 Å². The molecule has 1 rings (SSSR count). The highest BCUT2D eigenvalue weighted by atomic mass is 16.3. The zero-order valence-electron chi connectivity index (χ0n) is 10.6. The van der Waals surface area contributed by atoms with Crippen LogP contribution in [0.2, 0.25) is 0 Å². The van der Waals surface area contributed by atoms with E-state index in [9.17, 15) is 0 Å². The number of nitriles is 1. The van der Waals surface area contributed by atoms with Crippen molar-refractivity contribution in [3.05, 3.63) is 23.9 Å². The molecule has 4 nitrogen and oxygen atoms in total. The Balaban J connectivity index is 2.83. The summed E-state index contributed by atoms with van der Waals surface area (Å²) >= 11 is 0. The van der Waals surface area contributed by atoms with E-state index in [4.69, 9.17) is 10.4 Å². The maximum atomic E-state index is 9.07. The Bertz CT molecular complexity index is 404. The van der Waals surface area contributed by atoms with E-state index in [-0.39, 0.29) is 18.1 Å². The van der Waals surface area contributed by atoms with E-state index in [1.807, 2.05) is 0 Å². The van der Waals surface area contributed by atoms with Crippen LogP contribution in [-0.4, -0.2) is 22.7 Å². The highest BCUT2D eigenvalue weighted by Gasteiger charge is 2.24. The molecule has 0 spiro atoms. The van der Waals surface area contributed by atoms with Crippen LogP contribution < -0.4 is 5.32 Å². The number of hydrogen-bond donors (Lipinski definition) is 2. The molecule has 0 aliphatic heterocycles. The number of aliphatic hydroxyl groups is 1. The van der Waals surface area contributed by atoms with Gasteiger partial charge >= 0.3 is 0 Å². The molecule has 0 radical (unpaired) electrons. The quantitative estimate of drug-likeness (QED) is 0.836. The number of nitrogens with one attached hydrogen (secondary N) is 1. The third-order valence-electron chi connectivity index (χ3n) is 2.67. The summed E-state index contributed by atoms with van der Waals surface area (Å²) in [6.07, 6.45) is 2.27. The van der Waals surface area contributed by atoms with Gasteiger partial charge in [-0.2, -0.15) is 5.26 Å². The molecule has 0 saturated carbocycles. The number of hydrogen-bond acceptors (Lipinski definition) is 4. The molecule has 1 atom stereocenters. The molecule has 1 aromatic heterocycles. The second kappa shape index (κ2) is 5.65. The Morgan fingerprint density at radius 1 is 1.53 bits per heavy atom. The topological polar surface area (TPSA) is 68.9 Å². The molecule has 0 bridgehead atoms. The molecule has 0 aliphatic rings. The Morgan fingerprint density at radius 2 is 2.24 bits per heavy atom. The first kappa shape index (κ1) is 13.5. The lowest BCUT2D eigenvalue weighted by atomic mass is 9.85. The summed E-state index contributed by atoms with van der Waals surface area (Å²) in [5, 5.41) is 21.2. The minimum Gasteiger partial charge on any atom is -0.396 e. The van der Waals surface area contributed by atoms with Crippen LogP contribution in [0.3, 0.4) is 0 Å². The summed E-state index contributed by atoms with van der Waals surface area (Å²) in [6, 6.07) is 5.59. The molecule has 1 heterocycles. The number of nitrogens with zero attached hydrogens (tertiary/aromatic N) is 2. The summed E-state index contributed by atoms with van der Waals surface area (Å²) in [4.78, 5) is 4.18. The molecule has 0 aromatic carbocycles. The summed E-state index contributed by atoms with van der Waals surface area (Å²) in [6.45, 7) is 6.45. The van der Waals surface area contributed by atoms with Crippen molar-refractivity contribution in [3.8, 4) is 6.07 Å². The van der Waals surface area contributed by atoms with Gasteiger partial charge in [-0.05, 0) is 24.0 Å². The molecule has 1 aromatic rings. The van der Waals surface area contributed by atoms with Gasteiger partial charge in [0.25, 0.3) is 0 Å². The lowest BCUT2D eigenvalue weighted by molar-refractivity contribution is 0.235. The molecule has 2 N–H and O–H groups in total. The van der Waals surface area contributed by atoms with Crippen LogP contribution in [-0.2, 0) is 0 Å². The summed E-state index contributed by atoms with van der Waals surface area (Å²) < 4.78 is 0. The van der Waals surface area contributed by atoms with Crippen LogP contribution in [0.25, 0.3) is 0 Å². The molecule has 1 unspecified atom stereocenters. The summed E-state index contributed by atoms with van der Waals surface area (Å²) in [5.74, 6) is 0.678. The molecule has 0 aliphatic carbocycles. The van der Waals surface area contributed by atoms with Crippen LogP contribution in [0.15, 0.2) is 18.3 Å². The lowest BCUT2D eigenvalue weighted by Gasteiger charge is -2.31. The smallest absolute Gasteiger partial charge is 0.127 e. The Hall–Kier alpha value is -1.60. The predicted octanol–water partition coefficient (Wildman–Crippen LogP) is 2.16. The van der Waals surface area contributed by atoms with Gasteiger partial charge in [-0.15, -0.1) is 0 Å². The molecule has 0 fully saturated rings. The molecule has 0 saturated heterocycles. The van der Waals surface area contributed by atoms with E-state index in [1.54, 1.807) is 18.3 Å². The van der Waals surface area contributed by atoms with Crippen LogP contribution in [0.4, 0.5) is 5.82 Å². The second-order valence-electron chi connectivity index (χ2n) is 5.12. The highest BCUT2D eigenvalue weighted by Crippen LogP contribution is 2.24. The van der Waals surface area contributed by atoms with E-state index < -0.39 is 0 Å². The van der Waals surface area contributed by atoms with E-state index >= 15 is 0 Å². The number of pyridine rings is 1. The first-order valence-corrected chi connectivity index (χ1v) is 5.71. The number of aliphatic hydroxyl groups excluding tert-OH is 1. The summed E-state index contributed by atoms with van der Waals surface area (Å²) in [5.41, 5.74) is 0.603. The first-order chi connectivity index (χ1) is 7.97. The SMILES string of the molecule is CC(C)(C)C(CCO)Nc1cc(C#N)ccn1. The zero-order valence-corrected chi connectivity index (χ0v) is 10.6. The van der Waals surface area contributed by atoms with Gasteiger partial charge < -0.3 is 10.4 Å². The summed E-state index contributed by atoms with van der Waals surface area (Å²) in [7, 11) is 0. The van der Waals surface area contributed by atoms with Gasteiger partial charge in [-0.1, -0.05) is 20.8 Å². The number of anilines is 1. The zero-order chi connectivity index (χ0) is 12.9. The highest BCUT2D eigenvalue weighted by molar-refractivity contribution is 5.43. The van der Waals surface area contributed by atoms with Crippen molar-refractivity contribution >= 4 is 5.82 Å². The first-order valence-electron chi connectivity index (χ1n) is 5.71. The van der Waals surface area contributed by atoms with Gasteiger partial charge in [0.2, 0.25) is 0 Å². The minimum atomic E-state index is 0.0209. The van der Waals surface area contributed by atoms with Crippen molar-refractivity contribution in [1.82, 2.24) is 4.98 Å². The van der Waals surface area contributed by atoms with Gasteiger partial charge in [-0.25, -0.2) is 4.98 Å². The van der Waals surface area contributed by atoms with Gasteiger partial charge in [0.1, 0.15) is 5.82 Å². The van der Waals surface area contributed by atoms with Crippen molar-refractivity contribution in [3.63, 3.8) is 0 Å². The fourth-order valence-corrected chi connectivity index (χ4v) is 1.61. The third kappa shape index (κ3) is 4.04. The second-order valence-corrected chi connectivity index (χ2v) is 5.12. The average molecular weight is 233 g/mol. The van der Waals surface area contributed by atoms with Crippen molar-refractivity contribution < 1.29 is 5.11 Å². The third-order valence-corrected chi connectivity index (χ3v) is 2.67. The van der Waals surface area contributed by atoms with Crippen LogP contribution in [0, 0.1) is 16.7 Å². The Labute approximate surface area is 102 Å². The number of rotatable bonds is 4. The largest absolute Gasteiger partial charge is 0.396 e. The Kier molecular flexibility index (Phi) is 4.47. The lowest BCUT2D eigenvalue weighted by Crippen LogP contribution is -2.35. The van der Waals surface area contributed by atoms with E-state index in [0.29, 0.717) is 17.8 Å². The fraction of sp³-hybridized carbons (Fsp3) is 0.538. The average Bonchev–Trinajstić information content (AvgIpc) is 2.27. The van der Waals surface area contributed by atoms with Crippen molar-refractivity contribution in [2.24, 2.45) is 5.41 Å². The van der Waals surface area contributed by atoms with Crippen LogP contribution in [0.5, 0.6) is 0 Å². The monoisotopic (exact) mass is 233 g/mol. The van der Waals surface area contributed by atoms with Gasteiger partial charge in [0.15, 0.2) is 0 Å². The van der Waals surface area contributed by atoms with E-state index in [2.05, 4.69) is 37.1 Å². The van der Waals surface area contributed by atoms with Crippen LogP contribution in [0.1, 0.15) is 32.8 Å². The molecule has 0 amide bonds. The molecular weight excluding hydrogens is 214 g/mol. The Morgan fingerprint density at radius 3 is 2.76 bits per heavy atom. The van der Waals surface area contributed by atoms with Crippen LogP contribution >= 0.6 is 0 Å². The molecule has 92 valence electrons. The maximum Gasteiger partial charge on any atom is 0.127 e. The van der Waals surface area contributed by atoms with Gasteiger partial charge in [0, 0.05) is 18.8 Å². The fourth-order valence-electron chi connectivity index (χ4n) is 1.61. The van der Waals surface area contributed by atoms with E-state index in [1.165, 1.54) is 0 Å². The van der Waals surface area contributed by atoms with Gasteiger partial charge in [0.05, 0.1) is 11.6 Å². The van der Waals surface area contributed by atoms with Crippen molar-refractivity contribution in [1.29, 1.82) is 5.26 Å². The van der Waals surface area contributed by atoms with Crippen molar-refractivity contribution in [2.45, 2.75) is 33.2 Å². The standard InChI is InChI=1S/C13H19N3O/c1-13(2,3)11(5-7-17)16-12-8-10(9-14)4-6-15-12/h4,6,8,11,17H,5,7H2,1-3H3,(H,15,16).